The van der Waals surface area contributed by atoms with E-state index >= 15 is 0 Å². The highest BCUT2D eigenvalue weighted by atomic mass is 16.6. The number of nitrogens with one attached hydrogen (secondary N) is 1. The van der Waals surface area contributed by atoms with Gasteiger partial charge in [-0.3, -0.25) is 0 Å². The molecule has 0 heterocycles. The summed E-state index contributed by atoms with van der Waals surface area (Å²) in [6.07, 6.45) is 24.0. The Labute approximate surface area is 190 Å². The SMILES string of the molecule is C#CCCOC(=O)NC(C(=O)OCCCCCCCCCCCCC)C1CCCCC1. The van der Waals surface area contributed by atoms with E-state index in [1.54, 1.807) is 0 Å². The molecule has 5 nitrogen and oxygen atoms in total. The van der Waals surface area contributed by atoms with Crippen molar-refractivity contribution in [3.8, 4) is 12.3 Å². The summed E-state index contributed by atoms with van der Waals surface area (Å²) < 4.78 is 10.6. The van der Waals surface area contributed by atoms with Crippen LogP contribution in [0.25, 0.3) is 0 Å². The minimum absolute atomic E-state index is 0.124. The van der Waals surface area contributed by atoms with Crippen LogP contribution in [0.15, 0.2) is 0 Å². The molecule has 31 heavy (non-hydrogen) atoms. The highest BCUT2D eigenvalue weighted by molar-refractivity contribution is 5.81. The molecule has 0 bridgehead atoms. The normalized spacial score (nSPS) is 15.1. The zero-order valence-electron chi connectivity index (χ0n) is 19.8. The zero-order chi connectivity index (χ0) is 22.6. The van der Waals surface area contributed by atoms with Crippen LogP contribution < -0.4 is 5.32 Å². The van der Waals surface area contributed by atoms with E-state index in [4.69, 9.17) is 15.9 Å². The molecular weight excluding hydrogens is 390 g/mol. The fourth-order valence-electron chi connectivity index (χ4n) is 4.24. The second-order valence-corrected chi connectivity index (χ2v) is 8.81. The van der Waals surface area contributed by atoms with E-state index in [9.17, 15) is 9.59 Å². The van der Waals surface area contributed by atoms with Crippen molar-refractivity contribution in [2.24, 2.45) is 5.92 Å². The molecule has 0 radical (unpaired) electrons. The molecule has 1 unspecified atom stereocenters. The van der Waals surface area contributed by atoms with Crippen molar-refractivity contribution in [3.05, 3.63) is 0 Å². The minimum atomic E-state index is -0.619. The second-order valence-electron chi connectivity index (χ2n) is 8.81. The molecule has 1 fully saturated rings. The predicted molar refractivity (Wildman–Crippen MR) is 126 cm³/mol. The van der Waals surface area contributed by atoms with E-state index < -0.39 is 12.1 Å². The van der Waals surface area contributed by atoms with Crippen LogP contribution in [-0.2, 0) is 14.3 Å². The first-order valence-electron chi connectivity index (χ1n) is 12.7. The van der Waals surface area contributed by atoms with Crippen LogP contribution in [-0.4, -0.2) is 31.3 Å². The summed E-state index contributed by atoms with van der Waals surface area (Å²) in [4.78, 5) is 24.7. The van der Waals surface area contributed by atoms with Crippen LogP contribution in [0, 0.1) is 18.3 Å². The fraction of sp³-hybridized carbons (Fsp3) is 0.846. The molecule has 0 aromatic rings. The van der Waals surface area contributed by atoms with Gasteiger partial charge in [-0.2, -0.15) is 0 Å². The van der Waals surface area contributed by atoms with Crippen molar-refractivity contribution in [2.45, 2.75) is 122 Å². The molecule has 1 saturated carbocycles. The Morgan fingerprint density at radius 3 is 2.03 bits per heavy atom. The maximum atomic E-state index is 12.7. The fourth-order valence-corrected chi connectivity index (χ4v) is 4.24. The number of terminal acetylenes is 1. The maximum absolute atomic E-state index is 12.7. The van der Waals surface area contributed by atoms with Gasteiger partial charge in [0, 0.05) is 6.42 Å². The largest absolute Gasteiger partial charge is 0.464 e. The van der Waals surface area contributed by atoms with Crippen molar-refractivity contribution in [1.82, 2.24) is 5.32 Å². The molecule has 178 valence electrons. The first kappa shape index (κ1) is 27.3. The van der Waals surface area contributed by atoms with Gasteiger partial charge in [0.1, 0.15) is 12.6 Å². The van der Waals surface area contributed by atoms with Crippen LogP contribution in [0.2, 0.25) is 0 Å². The molecule has 1 N–H and O–H groups in total. The lowest BCUT2D eigenvalue weighted by atomic mass is 9.84. The Kier molecular flexibility index (Phi) is 16.8. The third kappa shape index (κ3) is 14.1. The van der Waals surface area contributed by atoms with Gasteiger partial charge in [-0.15, -0.1) is 12.3 Å². The summed E-state index contributed by atoms with van der Waals surface area (Å²) >= 11 is 0. The molecule has 0 aromatic carbocycles. The molecule has 0 saturated heterocycles. The van der Waals surface area contributed by atoms with Crippen LogP contribution in [0.1, 0.15) is 116 Å². The number of rotatable bonds is 17. The van der Waals surface area contributed by atoms with Gasteiger partial charge in [0.05, 0.1) is 6.61 Å². The summed E-state index contributed by atoms with van der Waals surface area (Å²) in [6, 6.07) is -0.619. The number of ether oxygens (including phenoxy) is 2. The number of hydrogen-bond donors (Lipinski definition) is 1. The first-order valence-corrected chi connectivity index (χ1v) is 12.7. The first-order chi connectivity index (χ1) is 15.2. The lowest BCUT2D eigenvalue weighted by Crippen LogP contribution is -2.47. The molecule has 1 atom stereocenters. The quantitative estimate of drug-likeness (QED) is 0.160. The Hall–Kier alpha value is -1.70. The third-order valence-corrected chi connectivity index (χ3v) is 6.12. The van der Waals surface area contributed by atoms with Gasteiger partial charge in [-0.1, -0.05) is 90.4 Å². The van der Waals surface area contributed by atoms with Crippen molar-refractivity contribution in [3.63, 3.8) is 0 Å². The molecule has 0 aliphatic heterocycles. The Morgan fingerprint density at radius 1 is 0.871 bits per heavy atom. The summed E-state index contributed by atoms with van der Waals surface area (Å²) in [5.74, 6) is 2.23. The minimum Gasteiger partial charge on any atom is -0.464 e. The van der Waals surface area contributed by atoms with Crippen molar-refractivity contribution < 1.29 is 19.1 Å². The molecule has 1 aliphatic rings. The van der Waals surface area contributed by atoms with Gasteiger partial charge in [-0.25, -0.2) is 9.59 Å². The van der Waals surface area contributed by atoms with Gasteiger partial charge < -0.3 is 14.8 Å². The third-order valence-electron chi connectivity index (χ3n) is 6.12. The van der Waals surface area contributed by atoms with E-state index in [0.29, 0.717) is 13.0 Å². The average molecular weight is 436 g/mol. The number of alkyl carbamates (subject to hydrolysis) is 1. The summed E-state index contributed by atoms with van der Waals surface area (Å²) in [7, 11) is 0. The molecule has 1 amide bonds. The number of carbonyl (C=O) groups excluding carboxylic acids is 2. The van der Waals surface area contributed by atoms with Crippen LogP contribution in [0.5, 0.6) is 0 Å². The van der Waals surface area contributed by atoms with E-state index in [1.165, 1.54) is 64.2 Å². The lowest BCUT2D eigenvalue weighted by molar-refractivity contribution is -0.148. The molecule has 0 aromatic heterocycles. The van der Waals surface area contributed by atoms with Gasteiger partial charge >= 0.3 is 12.1 Å². The summed E-state index contributed by atoms with van der Waals surface area (Å²) in [6.45, 7) is 2.83. The van der Waals surface area contributed by atoms with E-state index in [2.05, 4.69) is 18.2 Å². The summed E-state index contributed by atoms with van der Waals surface area (Å²) in [5, 5.41) is 2.73. The van der Waals surface area contributed by atoms with Gasteiger partial charge in [0.25, 0.3) is 0 Å². The number of hydrogen-bond acceptors (Lipinski definition) is 4. The molecule has 1 rings (SSSR count). The highest BCUT2D eigenvalue weighted by Gasteiger charge is 2.32. The Balaban J connectivity index is 2.20. The number of amides is 1. The number of carbonyl (C=O) groups is 2. The topological polar surface area (TPSA) is 64.6 Å². The van der Waals surface area contributed by atoms with Crippen LogP contribution in [0.4, 0.5) is 4.79 Å². The molecular formula is C26H45NO4. The number of esters is 1. The Bertz CT molecular complexity index is 508. The molecule has 0 spiro atoms. The monoisotopic (exact) mass is 435 g/mol. The second kappa shape index (κ2) is 19.0. The highest BCUT2D eigenvalue weighted by Crippen LogP contribution is 2.27. The van der Waals surface area contributed by atoms with E-state index in [-0.39, 0.29) is 18.5 Å². The zero-order valence-corrected chi connectivity index (χ0v) is 19.8. The van der Waals surface area contributed by atoms with E-state index in [0.717, 1.165) is 38.5 Å². The average Bonchev–Trinajstić information content (AvgIpc) is 2.79. The molecule has 1 aliphatic carbocycles. The van der Waals surface area contributed by atoms with E-state index in [1.807, 2.05) is 0 Å². The Morgan fingerprint density at radius 2 is 1.45 bits per heavy atom. The summed E-state index contributed by atoms with van der Waals surface area (Å²) in [5.41, 5.74) is 0. The lowest BCUT2D eigenvalue weighted by Gasteiger charge is -2.29. The van der Waals surface area contributed by atoms with Crippen molar-refractivity contribution >= 4 is 12.1 Å². The van der Waals surface area contributed by atoms with Crippen LogP contribution >= 0.6 is 0 Å². The van der Waals surface area contributed by atoms with Crippen molar-refractivity contribution in [2.75, 3.05) is 13.2 Å². The molecule has 5 heteroatoms. The van der Waals surface area contributed by atoms with Gasteiger partial charge in [0.15, 0.2) is 0 Å². The van der Waals surface area contributed by atoms with Crippen LogP contribution in [0.3, 0.4) is 0 Å². The predicted octanol–water partition coefficient (Wildman–Crippen LogP) is 6.54. The van der Waals surface area contributed by atoms with Gasteiger partial charge in [-0.05, 0) is 25.2 Å². The maximum Gasteiger partial charge on any atom is 0.407 e. The standard InChI is InChI=1S/C26H45NO4/c1-3-5-7-8-9-10-11-12-13-14-18-22-30-25(28)24(23-19-16-15-17-20-23)27-26(29)31-21-6-4-2/h2,23-24H,3,5-22H2,1H3,(H,27,29). The van der Waals surface area contributed by atoms with Crippen molar-refractivity contribution in [1.29, 1.82) is 0 Å². The van der Waals surface area contributed by atoms with Gasteiger partial charge in [0.2, 0.25) is 0 Å². The smallest absolute Gasteiger partial charge is 0.407 e. The number of unbranched alkanes of at least 4 members (excludes halogenated alkanes) is 10.